The van der Waals surface area contributed by atoms with Crippen LogP contribution in [0.2, 0.25) is 5.15 Å². The van der Waals surface area contributed by atoms with Crippen LogP contribution in [0.4, 0.5) is 9.18 Å². The van der Waals surface area contributed by atoms with Crippen molar-refractivity contribution in [3.8, 4) is 5.88 Å². The Bertz CT molecular complexity index is 1400. The Morgan fingerprint density at radius 3 is 2.89 bits per heavy atom. The number of cyclic esters (lactones) is 1. The van der Waals surface area contributed by atoms with Gasteiger partial charge in [0.05, 0.1) is 30.0 Å². The predicted octanol–water partition coefficient (Wildman–Crippen LogP) is 3.72. The Labute approximate surface area is 218 Å². The number of hydrogen-bond acceptors (Lipinski definition) is 7. The van der Waals surface area contributed by atoms with Gasteiger partial charge in [0.25, 0.3) is 0 Å². The molecule has 1 aliphatic carbocycles. The van der Waals surface area contributed by atoms with E-state index in [9.17, 15) is 4.79 Å². The second-order valence-corrected chi connectivity index (χ2v) is 11.2. The molecule has 2 bridgehead atoms. The molecule has 0 aromatic carbocycles. The molecule has 5 fully saturated rings. The number of pyridine rings is 2. The lowest BCUT2D eigenvalue weighted by atomic mass is 9.79. The van der Waals surface area contributed by atoms with Gasteiger partial charge in [-0.2, -0.15) is 0 Å². The van der Waals surface area contributed by atoms with Crippen LogP contribution in [-0.4, -0.2) is 81.9 Å². The largest absolute Gasteiger partial charge is 0.472 e. The average Bonchev–Trinajstić information content (AvgIpc) is 3.68. The minimum absolute atomic E-state index is 0.136. The fraction of sp³-hybridized carbons (Fsp3) is 0.577. The number of rotatable bonds is 6. The van der Waals surface area contributed by atoms with E-state index in [4.69, 9.17) is 21.1 Å². The fourth-order valence-electron chi connectivity index (χ4n) is 6.86. The van der Waals surface area contributed by atoms with E-state index in [1.807, 2.05) is 6.92 Å². The second-order valence-electron chi connectivity index (χ2n) is 10.9. The number of carbonyl (C=O) groups is 1. The molecule has 3 aromatic heterocycles. The Balaban J connectivity index is 1.43. The molecular weight excluding hydrogens is 499 g/mol. The molecular formula is C26H30ClFN6O3. The van der Waals surface area contributed by atoms with Gasteiger partial charge in [0.2, 0.25) is 5.88 Å². The summed E-state index contributed by atoms with van der Waals surface area (Å²) in [6.07, 6.45) is 4.41. The van der Waals surface area contributed by atoms with Gasteiger partial charge in [0, 0.05) is 35.9 Å². The van der Waals surface area contributed by atoms with Crippen molar-refractivity contribution in [2.45, 2.75) is 57.0 Å². The molecule has 0 radical (unpaired) electrons. The lowest BCUT2D eigenvalue weighted by molar-refractivity contribution is 0.119. The molecule has 196 valence electrons. The van der Waals surface area contributed by atoms with Gasteiger partial charge in [0.15, 0.2) is 11.0 Å². The lowest BCUT2D eigenvalue weighted by Gasteiger charge is -2.38. The first-order valence-corrected chi connectivity index (χ1v) is 13.5. The van der Waals surface area contributed by atoms with E-state index in [1.54, 1.807) is 11.1 Å². The normalized spacial score (nSPS) is 28.3. The highest BCUT2D eigenvalue weighted by Crippen LogP contribution is 2.48. The third-order valence-electron chi connectivity index (χ3n) is 8.77. The SMILES string of the molecule is C[C@H](Oc1nc2c(F)c(Cl)ncc2c2c1cc(CN1CCOC1=O)n2C1C2CNC1C2)[C@@H]1CCCN1C. The number of halogens is 2. The molecule has 0 spiro atoms. The molecule has 37 heavy (non-hydrogen) atoms. The van der Waals surface area contributed by atoms with Crippen LogP contribution in [0.3, 0.4) is 0 Å². The predicted molar refractivity (Wildman–Crippen MR) is 136 cm³/mol. The van der Waals surface area contributed by atoms with Gasteiger partial charge < -0.3 is 19.4 Å². The molecule has 9 nitrogen and oxygen atoms in total. The highest BCUT2D eigenvalue weighted by Gasteiger charge is 2.49. The van der Waals surface area contributed by atoms with E-state index in [0.29, 0.717) is 42.9 Å². The Hall–Kier alpha value is -2.69. The molecule has 4 aliphatic heterocycles. The first-order chi connectivity index (χ1) is 17.9. The number of carbonyl (C=O) groups excluding carboxylic acids is 1. The maximum atomic E-state index is 15.4. The minimum Gasteiger partial charge on any atom is -0.472 e. The summed E-state index contributed by atoms with van der Waals surface area (Å²) in [5.41, 5.74) is 1.94. The quantitative estimate of drug-likeness (QED) is 0.488. The zero-order chi connectivity index (χ0) is 25.4. The maximum absolute atomic E-state index is 15.4. The third-order valence-corrected chi connectivity index (χ3v) is 9.04. The molecule has 3 aromatic rings. The molecule has 1 saturated carbocycles. The van der Waals surface area contributed by atoms with Gasteiger partial charge in [0.1, 0.15) is 18.2 Å². The number of nitrogens with one attached hydrogen (secondary N) is 1. The van der Waals surface area contributed by atoms with Gasteiger partial charge in [-0.15, -0.1) is 0 Å². The van der Waals surface area contributed by atoms with Crippen LogP contribution in [0, 0.1) is 11.7 Å². The van der Waals surface area contributed by atoms with Crippen LogP contribution in [-0.2, 0) is 11.3 Å². The average molecular weight is 529 g/mol. The number of nitrogens with zero attached hydrogens (tertiary/aromatic N) is 5. The molecule has 4 saturated heterocycles. The van der Waals surface area contributed by atoms with Crippen LogP contribution in [0.25, 0.3) is 21.8 Å². The highest BCUT2D eigenvalue weighted by molar-refractivity contribution is 6.30. The Morgan fingerprint density at radius 1 is 1.35 bits per heavy atom. The Kier molecular flexibility index (Phi) is 5.49. The number of fused-ring (bicyclic) bond motifs is 4. The van der Waals surface area contributed by atoms with Gasteiger partial charge in [-0.25, -0.2) is 19.2 Å². The molecule has 5 atom stereocenters. The van der Waals surface area contributed by atoms with E-state index < -0.39 is 5.82 Å². The maximum Gasteiger partial charge on any atom is 0.410 e. The smallest absolute Gasteiger partial charge is 0.410 e. The standard InChI is InChI=1S/C26H30ClFN6O3/c1-13(19-4-3-5-32(19)2)37-25-16-9-15(12-33-6-7-36-26(33)35)34(22-14-8-18(22)29-10-14)23(16)17-11-30-24(27)20(28)21(17)31-25/h9,11,13-14,18-19,22,29H,3-8,10,12H2,1-2H3/t13-,14?,18?,19-,22?/m0/s1. The van der Waals surface area contributed by atoms with E-state index in [1.165, 1.54) is 0 Å². The zero-order valence-corrected chi connectivity index (χ0v) is 21.7. The number of hydrogen-bond donors (Lipinski definition) is 1. The van der Waals surface area contributed by atoms with Crippen molar-refractivity contribution in [2.75, 3.05) is 33.3 Å². The van der Waals surface area contributed by atoms with Crippen LogP contribution in [0.1, 0.15) is 37.9 Å². The number of ether oxygens (including phenoxy) is 2. The summed E-state index contributed by atoms with van der Waals surface area (Å²) in [5.74, 6) is 0.206. The summed E-state index contributed by atoms with van der Waals surface area (Å²) in [6, 6.07) is 2.83. The molecule has 3 unspecified atom stereocenters. The highest BCUT2D eigenvalue weighted by atomic mass is 35.5. The summed E-state index contributed by atoms with van der Waals surface area (Å²) in [4.78, 5) is 25.2. The van der Waals surface area contributed by atoms with Gasteiger partial charge in [-0.05, 0) is 51.8 Å². The van der Waals surface area contributed by atoms with Gasteiger partial charge in [-0.1, -0.05) is 11.6 Å². The molecule has 1 N–H and O–H groups in total. The van der Waals surface area contributed by atoms with E-state index in [0.717, 1.165) is 48.9 Å². The van der Waals surface area contributed by atoms with Crippen LogP contribution >= 0.6 is 11.6 Å². The fourth-order valence-corrected chi connectivity index (χ4v) is 6.99. The monoisotopic (exact) mass is 528 g/mol. The molecule has 7 heterocycles. The Morgan fingerprint density at radius 2 is 2.22 bits per heavy atom. The second kappa shape index (κ2) is 8.68. The number of aromatic nitrogens is 3. The summed E-state index contributed by atoms with van der Waals surface area (Å²) >= 11 is 6.10. The van der Waals surface area contributed by atoms with Crippen molar-refractivity contribution in [2.24, 2.45) is 5.92 Å². The van der Waals surface area contributed by atoms with Gasteiger partial charge >= 0.3 is 6.09 Å². The topological polar surface area (TPSA) is 84.8 Å². The summed E-state index contributed by atoms with van der Waals surface area (Å²) in [7, 11) is 2.11. The number of likely N-dealkylation sites (N-methyl/N-ethyl adjacent to an activating group) is 1. The summed E-state index contributed by atoms with van der Waals surface area (Å²) in [5, 5.41) is 4.78. The number of likely N-dealkylation sites (tertiary alicyclic amines) is 1. The zero-order valence-electron chi connectivity index (χ0n) is 20.9. The molecule has 8 rings (SSSR count). The first kappa shape index (κ1) is 23.4. The lowest BCUT2D eigenvalue weighted by Crippen LogP contribution is -2.40. The van der Waals surface area contributed by atoms with Crippen molar-refractivity contribution in [3.05, 3.63) is 28.9 Å². The van der Waals surface area contributed by atoms with E-state index in [2.05, 4.69) is 37.9 Å². The van der Waals surface area contributed by atoms with Gasteiger partial charge in [-0.3, -0.25) is 9.80 Å². The third kappa shape index (κ3) is 3.59. The molecule has 11 heteroatoms. The van der Waals surface area contributed by atoms with Crippen molar-refractivity contribution in [1.82, 2.24) is 29.7 Å². The first-order valence-electron chi connectivity index (χ1n) is 13.1. The van der Waals surface area contributed by atoms with Crippen molar-refractivity contribution in [3.63, 3.8) is 0 Å². The number of amides is 1. The molecule has 5 aliphatic rings. The summed E-state index contributed by atoms with van der Waals surface area (Å²) in [6.45, 7) is 5.33. The van der Waals surface area contributed by atoms with E-state index in [-0.39, 0.29) is 35.0 Å². The molecule has 1 amide bonds. The van der Waals surface area contributed by atoms with Crippen LogP contribution in [0.15, 0.2) is 12.3 Å². The van der Waals surface area contributed by atoms with E-state index >= 15 is 4.39 Å². The van der Waals surface area contributed by atoms with Crippen molar-refractivity contribution < 1.29 is 18.7 Å². The summed E-state index contributed by atoms with van der Waals surface area (Å²) < 4.78 is 29.4. The minimum atomic E-state index is -0.649. The van der Waals surface area contributed by atoms with Crippen molar-refractivity contribution >= 4 is 39.5 Å². The van der Waals surface area contributed by atoms with Crippen LogP contribution < -0.4 is 10.1 Å². The van der Waals surface area contributed by atoms with Crippen molar-refractivity contribution in [1.29, 1.82) is 0 Å². The van der Waals surface area contributed by atoms with Crippen LogP contribution in [0.5, 0.6) is 5.88 Å².